The zero-order chi connectivity index (χ0) is 23.1. The minimum absolute atomic E-state index is 0.221. The van der Waals surface area contributed by atoms with Gasteiger partial charge in [0.15, 0.2) is 5.17 Å². The second-order valence-corrected chi connectivity index (χ2v) is 9.67. The Morgan fingerprint density at radius 2 is 1.82 bits per heavy atom. The Bertz CT molecular complexity index is 1330. The quantitative estimate of drug-likeness (QED) is 0.378. The Hall–Kier alpha value is -2.94. The maximum Gasteiger partial charge on any atom is 0.274 e. The molecule has 2 heterocycles. The molecular weight excluding hydrogens is 481 g/mol. The number of thioether (sulfide) groups is 2. The number of amidine groups is 1. The molecule has 0 unspecified atom stereocenters. The van der Waals surface area contributed by atoms with Gasteiger partial charge in [-0.1, -0.05) is 29.4 Å². The monoisotopic (exact) mass is 497 g/mol. The van der Waals surface area contributed by atoms with E-state index in [0.29, 0.717) is 26.5 Å². The number of rotatable bonds is 3. The second kappa shape index (κ2) is 8.78. The van der Waals surface area contributed by atoms with Crippen molar-refractivity contribution in [1.82, 2.24) is 0 Å². The Balaban J connectivity index is 1.60. The Morgan fingerprint density at radius 3 is 2.55 bits per heavy atom. The summed E-state index contributed by atoms with van der Waals surface area (Å²) in [7, 11) is 3.54. The summed E-state index contributed by atoms with van der Waals surface area (Å²) in [4.78, 5) is 23.4. The van der Waals surface area contributed by atoms with Crippen molar-refractivity contribution in [3.05, 3.63) is 87.5 Å². The maximum atomic E-state index is 13.6. The van der Waals surface area contributed by atoms with E-state index < -0.39 is 0 Å². The smallest absolute Gasteiger partial charge is 0.274 e. The largest absolute Gasteiger partial charge is 0.497 e. The minimum Gasteiger partial charge on any atom is -0.497 e. The van der Waals surface area contributed by atoms with Crippen LogP contribution in [0.3, 0.4) is 0 Å². The molecule has 166 valence electrons. The van der Waals surface area contributed by atoms with Crippen LogP contribution < -0.4 is 14.5 Å². The lowest BCUT2D eigenvalue weighted by atomic mass is 10.2. The first-order valence-corrected chi connectivity index (χ1v) is 11.9. The standard InChI is InChI=1S/C24H17ClFN3O2S2/c1-28-19-13-18(31-2)10-11-20(19)32-23(28)21-22(30)29(17-8-6-15(26)7-9-17)24(33-21)27-16-5-3-4-14(25)12-16/h3-13H,1-2H3/b23-21-,27-24?. The first-order chi connectivity index (χ1) is 15.9. The number of hydrogen-bond acceptors (Lipinski definition) is 6. The van der Waals surface area contributed by atoms with Crippen LogP contribution in [0.1, 0.15) is 0 Å². The van der Waals surface area contributed by atoms with Gasteiger partial charge in [-0.3, -0.25) is 9.69 Å². The lowest BCUT2D eigenvalue weighted by molar-refractivity contribution is -0.113. The third kappa shape index (κ3) is 4.10. The number of nitrogens with zero attached hydrogens (tertiary/aromatic N) is 3. The number of benzene rings is 3. The molecule has 0 saturated carbocycles. The van der Waals surface area contributed by atoms with Crippen molar-refractivity contribution < 1.29 is 13.9 Å². The maximum absolute atomic E-state index is 13.6. The summed E-state index contributed by atoms with van der Waals surface area (Å²) in [6, 6.07) is 18.7. The zero-order valence-corrected chi connectivity index (χ0v) is 20.0. The van der Waals surface area contributed by atoms with Crippen molar-refractivity contribution in [2.75, 3.05) is 24.0 Å². The predicted molar refractivity (Wildman–Crippen MR) is 134 cm³/mol. The van der Waals surface area contributed by atoms with Crippen LogP contribution >= 0.6 is 35.1 Å². The van der Waals surface area contributed by atoms with Crippen LogP contribution in [-0.2, 0) is 4.79 Å². The van der Waals surface area contributed by atoms with E-state index in [1.54, 1.807) is 37.4 Å². The highest BCUT2D eigenvalue weighted by Gasteiger charge is 2.40. The summed E-state index contributed by atoms with van der Waals surface area (Å²) in [6.07, 6.45) is 0. The van der Waals surface area contributed by atoms with Crippen LogP contribution in [0.4, 0.5) is 21.5 Å². The summed E-state index contributed by atoms with van der Waals surface area (Å²) in [5, 5.41) is 1.82. The number of aliphatic imine (C=N–C) groups is 1. The third-order valence-corrected chi connectivity index (χ3v) is 7.76. The number of carbonyl (C=O) groups excluding carboxylic acids is 1. The number of anilines is 2. The van der Waals surface area contributed by atoms with Gasteiger partial charge in [0.25, 0.3) is 5.91 Å². The van der Waals surface area contributed by atoms with E-state index in [-0.39, 0.29) is 11.7 Å². The molecule has 1 amide bonds. The molecular formula is C24H17ClFN3O2S2. The van der Waals surface area contributed by atoms with E-state index in [4.69, 9.17) is 21.3 Å². The highest BCUT2D eigenvalue weighted by atomic mass is 35.5. The van der Waals surface area contributed by atoms with Crippen molar-refractivity contribution in [3.63, 3.8) is 0 Å². The van der Waals surface area contributed by atoms with E-state index in [1.807, 2.05) is 36.2 Å². The fourth-order valence-electron chi connectivity index (χ4n) is 3.50. The van der Waals surface area contributed by atoms with E-state index in [2.05, 4.69) is 0 Å². The highest BCUT2D eigenvalue weighted by Crippen LogP contribution is 2.51. The summed E-state index contributed by atoms with van der Waals surface area (Å²) < 4.78 is 18.9. The zero-order valence-electron chi connectivity index (χ0n) is 17.6. The molecule has 2 aliphatic heterocycles. The van der Waals surface area contributed by atoms with E-state index in [0.717, 1.165) is 21.4 Å². The van der Waals surface area contributed by atoms with Gasteiger partial charge < -0.3 is 9.64 Å². The molecule has 0 aliphatic carbocycles. The first kappa shape index (κ1) is 21.9. The van der Waals surface area contributed by atoms with Crippen molar-refractivity contribution in [1.29, 1.82) is 0 Å². The summed E-state index contributed by atoms with van der Waals surface area (Å²) in [6.45, 7) is 0. The Labute approximate surface area is 203 Å². The normalized spacial score (nSPS) is 18.9. The van der Waals surface area contributed by atoms with Crippen LogP contribution in [0.2, 0.25) is 5.02 Å². The van der Waals surface area contributed by atoms with Gasteiger partial charge >= 0.3 is 0 Å². The van der Waals surface area contributed by atoms with Crippen molar-refractivity contribution in [3.8, 4) is 5.75 Å². The molecule has 1 fully saturated rings. The van der Waals surface area contributed by atoms with Gasteiger partial charge in [0.2, 0.25) is 0 Å². The number of carbonyl (C=O) groups is 1. The topological polar surface area (TPSA) is 45.1 Å². The number of halogens is 2. The molecule has 33 heavy (non-hydrogen) atoms. The molecule has 1 saturated heterocycles. The summed E-state index contributed by atoms with van der Waals surface area (Å²) >= 11 is 8.93. The fraction of sp³-hybridized carbons (Fsp3) is 0.0833. The van der Waals surface area contributed by atoms with Gasteiger partial charge in [0.05, 0.1) is 29.2 Å². The number of fused-ring (bicyclic) bond motifs is 1. The number of ether oxygens (including phenoxy) is 1. The van der Waals surface area contributed by atoms with Crippen LogP contribution in [-0.4, -0.2) is 25.2 Å². The Morgan fingerprint density at radius 1 is 1.03 bits per heavy atom. The van der Waals surface area contributed by atoms with Crippen LogP contribution in [0, 0.1) is 5.82 Å². The first-order valence-electron chi connectivity index (χ1n) is 9.90. The van der Waals surface area contributed by atoms with Crippen molar-refractivity contribution in [2.24, 2.45) is 4.99 Å². The van der Waals surface area contributed by atoms with Gasteiger partial charge in [0.1, 0.15) is 16.5 Å². The lowest BCUT2D eigenvalue weighted by Crippen LogP contribution is -2.29. The van der Waals surface area contributed by atoms with Crippen LogP contribution in [0.25, 0.3) is 0 Å². The summed E-state index contributed by atoms with van der Waals surface area (Å²) in [5.74, 6) is 0.149. The van der Waals surface area contributed by atoms with Gasteiger partial charge in [-0.2, -0.15) is 0 Å². The highest BCUT2D eigenvalue weighted by molar-refractivity contribution is 8.20. The molecule has 3 aromatic carbocycles. The van der Waals surface area contributed by atoms with Crippen molar-refractivity contribution >= 4 is 63.3 Å². The van der Waals surface area contributed by atoms with Gasteiger partial charge in [-0.05, 0) is 66.4 Å². The molecule has 3 aromatic rings. The van der Waals surface area contributed by atoms with Gasteiger partial charge in [0, 0.05) is 23.0 Å². The SMILES string of the molecule is COc1ccc2c(c1)N(C)/C(=C1/SC(=Nc3cccc(Cl)c3)N(c3ccc(F)cc3)C1=O)S2. The van der Waals surface area contributed by atoms with Crippen LogP contribution in [0.5, 0.6) is 5.75 Å². The number of amides is 1. The minimum atomic E-state index is -0.375. The number of hydrogen-bond donors (Lipinski definition) is 0. The lowest BCUT2D eigenvalue weighted by Gasteiger charge is -2.17. The molecule has 0 bridgehead atoms. The third-order valence-electron chi connectivity index (χ3n) is 5.13. The van der Waals surface area contributed by atoms with Crippen LogP contribution in [0.15, 0.2) is 86.6 Å². The molecule has 5 rings (SSSR count). The second-order valence-electron chi connectivity index (χ2n) is 7.22. The predicted octanol–water partition coefficient (Wildman–Crippen LogP) is 6.67. The number of methoxy groups -OCH3 is 1. The molecule has 0 N–H and O–H groups in total. The van der Waals surface area contributed by atoms with E-state index in [9.17, 15) is 9.18 Å². The summed E-state index contributed by atoms with van der Waals surface area (Å²) in [5.41, 5.74) is 2.12. The molecule has 0 radical (unpaired) electrons. The van der Waals surface area contributed by atoms with E-state index >= 15 is 0 Å². The Kier molecular flexibility index (Phi) is 5.82. The fourth-order valence-corrected chi connectivity index (χ4v) is 6.01. The van der Waals surface area contributed by atoms with Gasteiger partial charge in [-0.15, -0.1) is 0 Å². The molecule has 0 spiro atoms. The molecule has 5 nitrogen and oxygen atoms in total. The average molecular weight is 498 g/mol. The average Bonchev–Trinajstić information content (AvgIpc) is 3.30. The van der Waals surface area contributed by atoms with Gasteiger partial charge in [-0.25, -0.2) is 9.38 Å². The molecule has 0 aromatic heterocycles. The van der Waals surface area contributed by atoms with E-state index in [1.165, 1.54) is 40.6 Å². The molecule has 0 atom stereocenters. The van der Waals surface area contributed by atoms with Crippen molar-refractivity contribution in [2.45, 2.75) is 4.90 Å². The molecule has 9 heteroatoms. The molecule has 2 aliphatic rings.